The van der Waals surface area contributed by atoms with Crippen molar-refractivity contribution in [2.24, 2.45) is 10.8 Å². The predicted molar refractivity (Wildman–Crippen MR) is 84.6 cm³/mol. The molecule has 20 heavy (non-hydrogen) atoms. The lowest BCUT2D eigenvalue weighted by molar-refractivity contribution is 0.275. The first-order chi connectivity index (χ1) is 9.57. The molecule has 0 unspecified atom stereocenters. The van der Waals surface area contributed by atoms with Gasteiger partial charge in [-0.1, -0.05) is 24.3 Å². The van der Waals surface area contributed by atoms with E-state index in [0.717, 1.165) is 0 Å². The second-order valence-corrected chi connectivity index (χ2v) is 5.26. The number of nitrogens with zero attached hydrogens (tertiary/aromatic N) is 2. The molecule has 0 N–H and O–H groups in total. The summed E-state index contributed by atoms with van der Waals surface area (Å²) in [6.07, 6.45) is 10.8. The van der Waals surface area contributed by atoms with E-state index in [1.165, 1.54) is 0 Å². The van der Waals surface area contributed by atoms with Crippen molar-refractivity contribution < 1.29 is 0 Å². The summed E-state index contributed by atoms with van der Waals surface area (Å²) in [6.45, 7) is 14.9. The average molecular weight is 268 g/mol. The molecule has 0 saturated carbocycles. The highest BCUT2D eigenvalue weighted by Gasteiger charge is 2.34. The smallest absolute Gasteiger partial charge is 0.0696 e. The molecule has 0 aromatic rings. The van der Waals surface area contributed by atoms with Gasteiger partial charge in [-0.3, -0.25) is 0 Å². The van der Waals surface area contributed by atoms with Crippen LogP contribution in [0.5, 0.6) is 0 Å². The van der Waals surface area contributed by atoms with Crippen molar-refractivity contribution in [3.05, 3.63) is 50.6 Å². The Morgan fingerprint density at radius 2 is 0.900 bits per heavy atom. The largest absolute Gasteiger partial charge is 0.198 e. The second-order valence-electron chi connectivity index (χ2n) is 5.26. The maximum Gasteiger partial charge on any atom is 0.0696 e. The summed E-state index contributed by atoms with van der Waals surface area (Å²) >= 11 is 0. The maximum atomic E-state index is 9.50. The molecule has 0 aliphatic heterocycles. The third-order valence-corrected chi connectivity index (χ3v) is 3.70. The van der Waals surface area contributed by atoms with Crippen LogP contribution in [0, 0.1) is 33.5 Å². The Labute approximate surface area is 123 Å². The fraction of sp³-hybridized carbons (Fsp3) is 0.444. The van der Waals surface area contributed by atoms with Gasteiger partial charge in [0, 0.05) is 0 Å². The summed E-state index contributed by atoms with van der Waals surface area (Å²) in [6, 6.07) is 4.79. The molecule has 106 valence electrons. The van der Waals surface area contributed by atoms with E-state index in [1.807, 2.05) is 0 Å². The monoisotopic (exact) mass is 268 g/mol. The van der Waals surface area contributed by atoms with Crippen LogP contribution in [0.4, 0.5) is 0 Å². The minimum atomic E-state index is -0.506. The summed E-state index contributed by atoms with van der Waals surface area (Å²) in [4.78, 5) is 0. The first-order valence-electron chi connectivity index (χ1n) is 6.83. The van der Waals surface area contributed by atoms with Gasteiger partial charge in [0.1, 0.15) is 0 Å². The highest BCUT2D eigenvalue weighted by molar-refractivity contribution is 5.10. The SMILES string of the molecule is C=CCC(C#N)(CC=C)CCC(C#N)(CC=C)CC=C. The summed E-state index contributed by atoms with van der Waals surface area (Å²) in [7, 11) is 0. The van der Waals surface area contributed by atoms with Crippen molar-refractivity contribution in [2.75, 3.05) is 0 Å². The van der Waals surface area contributed by atoms with Crippen LogP contribution >= 0.6 is 0 Å². The third-order valence-electron chi connectivity index (χ3n) is 3.70. The van der Waals surface area contributed by atoms with E-state index in [2.05, 4.69) is 38.5 Å². The molecular weight excluding hydrogens is 244 g/mol. The Morgan fingerprint density at radius 3 is 1.05 bits per heavy atom. The van der Waals surface area contributed by atoms with Gasteiger partial charge in [0.15, 0.2) is 0 Å². The van der Waals surface area contributed by atoms with Gasteiger partial charge in [0.2, 0.25) is 0 Å². The van der Waals surface area contributed by atoms with E-state index in [1.54, 1.807) is 24.3 Å². The lowest BCUT2D eigenvalue weighted by Gasteiger charge is -2.30. The third kappa shape index (κ3) is 4.90. The molecule has 0 amide bonds. The van der Waals surface area contributed by atoms with Gasteiger partial charge >= 0.3 is 0 Å². The fourth-order valence-electron chi connectivity index (χ4n) is 2.45. The minimum absolute atomic E-state index is 0.506. The number of rotatable bonds is 11. The van der Waals surface area contributed by atoms with Gasteiger partial charge in [-0.05, 0) is 38.5 Å². The number of hydrogen-bond donors (Lipinski definition) is 0. The van der Waals surface area contributed by atoms with Gasteiger partial charge in [0.25, 0.3) is 0 Å². The van der Waals surface area contributed by atoms with Crippen LogP contribution in [0.25, 0.3) is 0 Å². The zero-order valence-electron chi connectivity index (χ0n) is 12.3. The molecule has 0 heterocycles. The van der Waals surface area contributed by atoms with E-state index in [9.17, 15) is 10.5 Å². The van der Waals surface area contributed by atoms with E-state index in [-0.39, 0.29) is 0 Å². The van der Waals surface area contributed by atoms with Crippen LogP contribution in [0.2, 0.25) is 0 Å². The van der Waals surface area contributed by atoms with Gasteiger partial charge in [-0.15, -0.1) is 26.3 Å². The van der Waals surface area contributed by atoms with Gasteiger partial charge in [0.05, 0.1) is 23.0 Å². The number of hydrogen-bond acceptors (Lipinski definition) is 2. The van der Waals surface area contributed by atoms with Crippen LogP contribution in [0.3, 0.4) is 0 Å². The van der Waals surface area contributed by atoms with E-state index < -0.39 is 10.8 Å². The molecule has 0 atom stereocenters. The molecule has 0 fully saturated rings. The van der Waals surface area contributed by atoms with Crippen LogP contribution in [0.15, 0.2) is 50.6 Å². The van der Waals surface area contributed by atoms with Crippen molar-refractivity contribution >= 4 is 0 Å². The first kappa shape index (κ1) is 17.9. The topological polar surface area (TPSA) is 47.6 Å². The highest BCUT2D eigenvalue weighted by Crippen LogP contribution is 2.40. The fourth-order valence-corrected chi connectivity index (χ4v) is 2.45. The zero-order valence-corrected chi connectivity index (χ0v) is 12.3. The summed E-state index contributed by atoms with van der Waals surface area (Å²) in [5.41, 5.74) is -1.01. The zero-order chi connectivity index (χ0) is 15.5. The van der Waals surface area contributed by atoms with Crippen LogP contribution in [-0.4, -0.2) is 0 Å². The summed E-state index contributed by atoms with van der Waals surface area (Å²) in [5.74, 6) is 0. The van der Waals surface area contributed by atoms with Gasteiger partial charge in [-0.25, -0.2) is 0 Å². The predicted octanol–water partition coefficient (Wildman–Crippen LogP) is 5.09. The maximum absolute atomic E-state index is 9.50. The Balaban J connectivity index is 5.13. The molecule has 0 aromatic heterocycles. The number of nitriles is 2. The first-order valence-corrected chi connectivity index (χ1v) is 6.83. The van der Waals surface area contributed by atoms with Crippen molar-refractivity contribution in [3.8, 4) is 12.1 Å². The Kier molecular flexibility index (Phi) is 8.02. The Morgan fingerprint density at radius 1 is 0.650 bits per heavy atom. The molecule has 2 heteroatoms. The van der Waals surface area contributed by atoms with Gasteiger partial charge < -0.3 is 0 Å². The highest BCUT2D eigenvalue weighted by atomic mass is 14.4. The molecule has 0 radical (unpaired) electrons. The summed E-state index contributed by atoms with van der Waals surface area (Å²) in [5, 5.41) is 19.0. The van der Waals surface area contributed by atoms with Crippen LogP contribution in [0.1, 0.15) is 38.5 Å². The molecule has 0 rings (SSSR count). The van der Waals surface area contributed by atoms with Gasteiger partial charge in [-0.2, -0.15) is 10.5 Å². The molecule has 0 aromatic carbocycles. The van der Waals surface area contributed by atoms with Crippen molar-refractivity contribution in [1.82, 2.24) is 0 Å². The van der Waals surface area contributed by atoms with Crippen molar-refractivity contribution in [3.63, 3.8) is 0 Å². The average Bonchev–Trinajstić information content (AvgIpc) is 2.45. The van der Waals surface area contributed by atoms with Crippen LogP contribution in [-0.2, 0) is 0 Å². The molecule has 0 spiro atoms. The Bertz CT molecular complexity index is 369. The van der Waals surface area contributed by atoms with E-state index in [0.29, 0.717) is 38.5 Å². The standard InChI is InChI=1S/C18H24N2/c1-5-9-17(15-19,10-6-2)13-14-18(16-20,11-7-3)12-8-4/h5-8H,1-4,9-14H2. The lowest BCUT2D eigenvalue weighted by atomic mass is 9.71. The molecule has 2 nitrogen and oxygen atoms in total. The van der Waals surface area contributed by atoms with Crippen molar-refractivity contribution in [1.29, 1.82) is 10.5 Å². The number of allylic oxidation sites excluding steroid dienone is 4. The molecule has 0 saturated heterocycles. The molecule has 0 aliphatic carbocycles. The molecule has 0 bridgehead atoms. The normalized spacial score (nSPS) is 10.9. The van der Waals surface area contributed by atoms with E-state index in [4.69, 9.17) is 0 Å². The second kappa shape index (κ2) is 8.94. The van der Waals surface area contributed by atoms with E-state index >= 15 is 0 Å². The Hall–Kier alpha value is -2.06. The molecular formula is C18H24N2. The van der Waals surface area contributed by atoms with Crippen molar-refractivity contribution in [2.45, 2.75) is 38.5 Å². The lowest BCUT2D eigenvalue weighted by Crippen LogP contribution is -2.24. The minimum Gasteiger partial charge on any atom is -0.198 e. The quantitative estimate of drug-likeness (QED) is 0.490. The van der Waals surface area contributed by atoms with Crippen LogP contribution < -0.4 is 0 Å². The molecule has 0 aliphatic rings. The summed E-state index contributed by atoms with van der Waals surface area (Å²) < 4.78 is 0.